The second-order valence-electron chi connectivity index (χ2n) is 4.21. The number of benzene rings is 2. The van der Waals surface area contributed by atoms with Crippen LogP contribution in [0.2, 0.25) is 5.02 Å². The molecule has 0 heterocycles. The predicted octanol–water partition coefficient (Wildman–Crippen LogP) is 4.90. The second-order valence-corrected chi connectivity index (χ2v) is 6.55. The molecule has 0 radical (unpaired) electrons. The number of rotatable bonds is 5. The molecule has 1 nitrogen and oxygen atoms in total. The van der Waals surface area contributed by atoms with Crippen molar-refractivity contribution in [3.05, 3.63) is 63.1 Å². The van der Waals surface area contributed by atoms with E-state index in [2.05, 4.69) is 46.3 Å². The zero-order valence-corrected chi connectivity index (χ0v) is 13.6. The van der Waals surface area contributed by atoms with Gasteiger partial charge in [-0.15, -0.1) is 11.8 Å². The lowest BCUT2D eigenvalue weighted by Crippen LogP contribution is -2.03. The highest BCUT2D eigenvalue weighted by Gasteiger charge is 2.02. The Labute approximate surface area is 131 Å². The Morgan fingerprint density at radius 2 is 1.84 bits per heavy atom. The summed E-state index contributed by atoms with van der Waals surface area (Å²) in [7, 11) is 0. The summed E-state index contributed by atoms with van der Waals surface area (Å²) in [5.74, 6) is 0.944. The highest BCUT2D eigenvalue weighted by molar-refractivity contribution is 9.10. The summed E-state index contributed by atoms with van der Waals surface area (Å²) in [6.45, 7) is 0.676. The molecular weight excluding hydrogens is 342 g/mol. The summed E-state index contributed by atoms with van der Waals surface area (Å²) in [5.41, 5.74) is 8.11. The van der Waals surface area contributed by atoms with Crippen molar-refractivity contribution in [3.8, 4) is 0 Å². The standard InChI is InChI=1S/C15H15BrClNS/c16-15-9-14(6-3-12(15)7-8-18)19-10-11-1-4-13(17)5-2-11/h1-6,9H,7-8,10,18H2. The van der Waals surface area contributed by atoms with Crippen molar-refractivity contribution in [3.63, 3.8) is 0 Å². The Hall–Kier alpha value is -0.480. The summed E-state index contributed by atoms with van der Waals surface area (Å²) >= 11 is 11.3. The Morgan fingerprint density at radius 3 is 2.47 bits per heavy atom. The summed E-state index contributed by atoms with van der Waals surface area (Å²) in [4.78, 5) is 1.25. The normalized spacial score (nSPS) is 10.7. The molecule has 100 valence electrons. The zero-order chi connectivity index (χ0) is 13.7. The van der Waals surface area contributed by atoms with Crippen LogP contribution in [0.1, 0.15) is 11.1 Å². The molecule has 0 aliphatic heterocycles. The van der Waals surface area contributed by atoms with E-state index in [1.54, 1.807) is 0 Å². The van der Waals surface area contributed by atoms with Crippen LogP contribution < -0.4 is 5.73 Å². The highest BCUT2D eigenvalue weighted by Crippen LogP contribution is 2.28. The lowest BCUT2D eigenvalue weighted by Gasteiger charge is -2.07. The summed E-state index contributed by atoms with van der Waals surface area (Å²) in [5, 5.41) is 0.780. The average Bonchev–Trinajstić information content (AvgIpc) is 2.41. The molecule has 2 N–H and O–H groups in total. The summed E-state index contributed by atoms with van der Waals surface area (Å²) < 4.78 is 1.14. The van der Waals surface area contributed by atoms with Crippen LogP contribution in [0.3, 0.4) is 0 Å². The molecule has 0 amide bonds. The molecule has 19 heavy (non-hydrogen) atoms. The fourth-order valence-electron chi connectivity index (χ4n) is 1.72. The largest absolute Gasteiger partial charge is 0.330 e. The van der Waals surface area contributed by atoms with Crippen LogP contribution in [0.5, 0.6) is 0 Å². The molecule has 0 fully saturated rings. The third-order valence-corrected chi connectivity index (χ3v) is 4.81. The van der Waals surface area contributed by atoms with Crippen molar-refractivity contribution in [1.29, 1.82) is 0 Å². The number of hydrogen-bond donors (Lipinski definition) is 1. The van der Waals surface area contributed by atoms with Gasteiger partial charge in [0.25, 0.3) is 0 Å². The van der Waals surface area contributed by atoms with Gasteiger partial charge in [0.15, 0.2) is 0 Å². The van der Waals surface area contributed by atoms with Crippen molar-refractivity contribution in [2.75, 3.05) is 6.54 Å². The number of nitrogens with two attached hydrogens (primary N) is 1. The zero-order valence-electron chi connectivity index (χ0n) is 10.4. The highest BCUT2D eigenvalue weighted by atomic mass is 79.9. The first-order valence-electron chi connectivity index (χ1n) is 6.05. The van der Waals surface area contributed by atoms with E-state index in [1.165, 1.54) is 16.0 Å². The van der Waals surface area contributed by atoms with Crippen LogP contribution in [0.4, 0.5) is 0 Å². The molecule has 0 bridgehead atoms. The van der Waals surface area contributed by atoms with Gasteiger partial charge in [-0.1, -0.05) is 45.7 Å². The van der Waals surface area contributed by atoms with Gasteiger partial charge in [-0.3, -0.25) is 0 Å². The Balaban J connectivity index is 1.99. The van der Waals surface area contributed by atoms with Gasteiger partial charge in [-0.05, 0) is 48.4 Å². The van der Waals surface area contributed by atoms with Gasteiger partial charge >= 0.3 is 0 Å². The van der Waals surface area contributed by atoms with Gasteiger partial charge in [0.1, 0.15) is 0 Å². The van der Waals surface area contributed by atoms with Gasteiger partial charge in [-0.25, -0.2) is 0 Å². The van der Waals surface area contributed by atoms with Crippen molar-refractivity contribution in [2.45, 2.75) is 17.1 Å². The monoisotopic (exact) mass is 355 g/mol. The lowest BCUT2D eigenvalue weighted by atomic mass is 10.1. The van der Waals surface area contributed by atoms with Crippen LogP contribution >= 0.6 is 39.3 Å². The molecule has 2 rings (SSSR count). The number of hydrogen-bond acceptors (Lipinski definition) is 2. The summed E-state index contributed by atoms with van der Waals surface area (Å²) in [6, 6.07) is 14.4. The minimum Gasteiger partial charge on any atom is -0.330 e. The minimum atomic E-state index is 0.676. The van der Waals surface area contributed by atoms with Crippen LogP contribution in [0.25, 0.3) is 0 Å². The SMILES string of the molecule is NCCc1ccc(SCc2ccc(Cl)cc2)cc1Br. The van der Waals surface area contributed by atoms with Crippen molar-refractivity contribution < 1.29 is 0 Å². The number of thioether (sulfide) groups is 1. The second kappa shape index (κ2) is 7.34. The molecule has 0 spiro atoms. The van der Waals surface area contributed by atoms with Crippen LogP contribution in [-0.4, -0.2) is 6.54 Å². The first-order chi connectivity index (χ1) is 9.19. The Morgan fingerprint density at radius 1 is 1.11 bits per heavy atom. The average molecular weight is 357 g/mol. The maximum absolute atomic E-state index is 5.87. The minimum absolute atomic E-state index is 0.676. The first-order valence-corrected chi connectivity index (χ1v) is 8.20. The fourth-order valence-corrected chi connectivity index (χ4v) is 3.47. The third kappa shape index (κ3) is 4.53. The quantitative estimate of drug-likeness (QED) is 0.771. The molecule has 2 aromatic carbocycles. The van der Waals surface area contributed by atoms with Crippen LogP contribution in [-0.2, 0) is 12.2 Å². The first kappa shape index (κ1) is 14.9. The predicted molar refractivity (Wildman–Crippen MR) is 87.9 cm³/mol. The smallest absolute Gasteiger partial charge is 0.0406 e. The van der Waals surface area contributed by atoms with Gasteiger partial charge in [0.05, 0.1) is 0 Å². The lowest BCUT2D eigenvalue weighted by molar-refractivity contribution is 0.960. The van der Waals surface area contributed by atoms with Gasteiger partial charge in [0.2, 0.25) is 0 Å². The maximum Gasteiger partial charge on any atom is 0.0406 e. The molecule has 0 aliphatic carbocycles. The van der Waals surface area contributed by atoms with E-state index in [0.29, 0.717) is 6.54 Å². The van der Waals surface area contributed by atoms with E-state index < -0.39 is 0 Å². The van der Waals surface area contributed by atoms with E-state index in [1.807, 2.05) is 23.9 Å². The molecule has 0 aromatic heterocycles. The van der Waals surface area contributed by atoms with E-state index in [0.717, 1.165) is 21.7 Å². The molecule has 4 heteroatoms. The Kier molecular flexibility index (Phi) is 5.76. The van der Waals surface area contributed by atoms with Crippen molar-refractivity contribution in [2.24, 2.45) is 5.73 Å². The van der Waals surface area contributed by atoms with Crippen LogP contribution in [0.15, 0.2) is 51.8 Å². The topological polar surface area (TPSA) is 26.0 Å². The molecule has 0 unspecified atom stereocenters. The van der Waals surface area contributed by atoms with Crippen molar-refractivity contribution >= 4 is 39.3 Å². The molecule has 0 aliphatic rings. The van der Waals surface area contributed by atoms with Gasteiger partial charge < -0.3 is 5.73 Å². The van der Waals surface area contributed by atoms with E-state index >= 15 is 0 Å². The molecular formula is C15H15BrClNS. The molecule has 2 aromatic rings. The fraction of sp³-hybridized carbons (Fsp3) is 0.200. The maximum atomic E-state index is 5.87. The molecule has 0 saturated carbocycles. The number of halogens is 2. The van der Waals surface area contributed by atoms with Gasteiger partial charge in [-0.2, -0.15) is 0 Å². The van der Waals surface area contributed by atoms with E-state index in [9.17, 15) is 0 Å². The molecule has 0 atom stereocenters. The Bertz CT molecular complexity index is 542. The van der Waals surface area contributed by atoms with Crippen molar-refractivity contribution in [1.82, 2.24) is 0 Å². The summed E-state index contributed by atoms with van der Waals surface area (Å²) in [6.07, 6.45) is 0.905. The van der Waals surface area contributed by atoms with E-state index in [4.69, 9.17) is 17.3 Å². The third-order valence-electron chi connectivity index (χ3n) is 2.76. The molecule has 0 saturated heterocycles. The van der Waals surface area contributed by atoms with E-state index in [-0.39, 0.29) is 0 Å². The van der Waals surface area contributed by atoms with Crippen LogP contribution in [0, 0.1) is 0 Å². The van der Waals surface area contributed by atoms with Gasteiger partial charge in [0, 0.05) is 20.1 Å².